The van der Waals surface area contributed by atoms with Crippen LogP contribution in [0.3, 0.4) is 0 Å². The molecule has 1 aromatic rings. The first-order valence-electron chi connectivity index (χ1n) is 7.59. The van der Waals surface area contributed by atoms with Crippen molar-refractivity contribution < 1.29 is 9.59 Å². The molecular formula is C14H19N5O2. The van der Waals surface area contributed by atoms with Crippen LogP contribution in [0.1, 0.15) is 31.5 Å². The number of nitrogens with one attached hydrogen (secondary N) is 1. The van der Waals surface area contributed by atoms with Crippen LogP contribution in [0.25, 0.3) is 0 Å². The number of carbonyl (C=O) groups excluding carboxylic acids is 2. The van der Waals surface area contributed by atoms with Crippen LogP contribution in [0.5, 0.6) is 0 Å². The van der Waals surface area contributed by atoms with E-state index in [4.69, 9.17) is 0 Å². The Morgan fingerprint density at radius 3 is 2.52 bits per heavy atom. The number of rotatable bonds is 4. The normalized spacial score (nSPS) is 29.7. The largest absolute Gasteiger partial charge is 0.342 e. The number of hydrogen-bond acceptors (Lipinski definition) is 4. The number of amides is 2. The van der Waals surface area contributed by atoms with E-state index in [1.165, 1.54) is 6.33 Å². The molecule has 2 aliphatic carbocycles. The van der Waals surface area contributed by atoms with Crippen LogP contribution < -0.4 is 5.32 Å². The number of nitrogens with zero attached hydrogens (tertiary/aromatic N) is 4. The Kier molecular flexibility index (Phi) is 2.77. The summed E-state index contributed by atoms with van der Waals surface area (Å²) in [5, 5.41) is 7.00. The zero-order valence-corrected chi connectivity index (χ0v) is 12.0. The lowest BCUT2D eigenvalue weighted by Gasteiger charge is -2.39. The van der Waals surface area contributed by atoms with Crippen molar-refractivity contribution in [3.63, 3.8) is 0 Å². The second-order valence-corrected chi connectivity index (χ2v) is 6.37. The third-order valence-electron chi connectivity index (χ3n) is 4.73. The minimum absolute atomic E-state index is 0.0103. The van der Waals surface area contributed by atoms with Crippen LogP contribution in [0.4, 0.5) is 0 Å². The van der Waals surface area contributed by atoms with E-state index in [9.17, 15) is 9.59 Å². The van der Waals surface area contributed by atoms with Crippen molar-refractivity contribution in [3.8, 4) is 0 Å². The van der Waals surface area contributed by atoms with Crippen molar-refractivity contribution in [2.45, 2.75) is 44.3 Å². The molecule has 1 saturated heterocycles. The van der Waals surface area contributed by atoms with Gasteiger partial charge in [0.2, 0.25) is 11.8 Å². The molecule has 3 fully saturated rings. The highest BCUT2D eigenvalue weighted by molar-refractivity contribution is 5.97. The summed E-state index contributed by atoms with van der Waals surface area (Å²) in [7, 11) is 1.81. The maximum atomic E-state index is 12.8. The summed E-state index contributed by atoms with van der Waals surface area (Å²) >= 11 is 0. The molecule has 0 radical (unpaired) electrons. The molecule has 21 heavy (non-hydrogen) atoms. The number of hydrogen-bond donors (Lipinski definition) is 1. The maximum Gasteiger partial charge on any atom is 0.246 e. The van der Waals surface area contributed by atoms with Crippen molar-refractivity contribution in [3.05, 3.63) is 12.2 Å². The van der Waals surface area contributed by atoms with Gasteiger partial charge in [-0.1, -0.05) is 0 Å². The van der Waals surface area contributed by atoms with E-state index in [1.54, 1.807) is 16.6 Å². The summed E-state index contributed by atoms with van der Waals surface area (Å²) in [5.41, 5.74) is 0. The first kappa shape index (κ1) is 12.8. The average molecular weight is 289 g/mol. The fraction of sp³-hybridized carbons (Fsp3) is 0.714. The zero-order valence-electron chi connectivity index (χ0n) is 12.0. The Balaban J connectivity index is 1.62. The van der Waals surface area contributed by atoms with E-state index < -0.39 is 0 Å². The smallest absolute Gasteiger partial charge is 0.246 e. The molecule has 1 N–H and O–H groups in total. The van der Waals surface area contributed by atoms with E-state index in [0.717, 1.165) is 31.5 Å². The molecule has 1 aromatic heterocycles. The molecule has 4 rings (SSSR count). The fourth-order valence-corrected chi connectivity index (χ4v) is 3.18. The van der Waals surface area contributed by atoms with E-state index in [2.05, 4.69) is 15.4 Å². The molecular weight excluding hydrogens is 270 g/mol. The Morgan fingerprint density at radius 2 is 1.95 bits per heavy atom. The molecule has 0 spiro atoms. The standard InChI is InChI=1S/C14H19N5O2/c1-18-10(15-7-16-18)6-19-12(9-4-5-9)13(20)17-11(14(19)21)8-2-3-8/h7-9,11-12H,2-6H2,1H3,(H,17,20). The van der Waals surface area contributed by atoms with Crippen molar-refractivity contribution in [2.75, 3.05) is 0 Å². The summed E-state index contributed by atoms with van der Waals surface area (Å²) in [6.45, 7) is 0.368. The number of aromatic nitrogens is 3. The summed E-state index contributed by atoms with van der Waals surface area (Å²) in [6, 6.07) is -0.662. The van der Waals surface area contributed by atoms with Crippen molar-refractivity contribution in [1.29, 1.82) is 0 Å². The van der Waals surface area contributed by atoms with Gasteiger partial charge < -0.3 is 10.2 Å². The molecule has 2 saturated carbocycles. The van der Waals surface area contributed by atoms with Crippen LogP contribution in [-0.2, 0) is 23.2 Å². The second-order valence-electron chi connectivity index (χ2n) is 6.37. The molecule has 2 unspecified atom stereocenters. The van der Waals surface area contributed by atoms with Crippen LogP contribution in [-0.4, -0.2) is 43.6 Å². The second kappa shape index (κ2) is 4.54. The molecule has 2 atom stereocenters. The Labute approximate surface area is 122 Å². The first-order valence-corrected chi connectivity index (χ1v) is 7.59. The van der Waals surface area contributed by atoms with Gasteiger partial charge in [-0.05, 0) is 37.5 Å². The molecule has 2 heterocycles. The monoisotopic (exact) mass is 289 g/mol. The average Bonchev–Trinajstić information content (AvgIpc) is 3.34. The molecule has 0 bridgehead atoms. The van der Waals surface area contributed by atoms with Gasteiger partial charge in [-0.15, -0.1) is 0 Å². The maximum absolute atomic E-state index is 12.8. The molecule has 112 valence electrons. The van der Waals surface area contributed by atoms with Gasteiger partial charge in [-0.2, -0.15) is 5.10 Å². The van der Waals surface area contributed by atoms with Crippen molar-refractivity contribution in [1.82, 2.24) is 25.0 Å². The van der Waals surface area contributed by atoms with Gasteiger partial charge in [0.25, 0.3) is 0 Å². The Bertz CT molecular complexity index is 590. The van der Waals surface area contributed by atoms with Gasteiger partial charge >= 0.3 is 0 Å². The predicted molar refractivity (Wildman–Crippen MR) is 72.7 cm³/mol. The molecule has 7 heteroatoms. The lowest BCUT2D eigenvalue weighted by atomic mass is 10.0. The van der Waals surface area contributed by atoms with E-state index in [1.807, 2.05) is 0 Å². The van der Waals surface area contributed by atoms with Crippen LogP contribution in [0.15, 0.2) is 6.33 Å². The van der Waals surface area contributed by atoms with Gasteiger partial charge in [0, 0.05) is 7.05 Å². The highest BCUT2D eigenvalue weighted by Gasteiger charge is 2.51. The third-order valence-corrected chi connectivity index (χ3v) is 4.73. The van der Waals surface area contributed by atoms with Gasteiger partial charge in [-0.3, -0.25) is 14.3 Å². The molecule has 1 aliphatic heterocycles. The van der Waals surface area contributed by atoms with Gasteiger partial charge in [0.15, 0.2) is 0 Å². The fourth-order valence-electron chi connectivity index (χ4n) is 3.18. The zero-order chi connectivity index (χ0) is 14.6. The van der Waals surface area contributed by atoms with Crippen LogP contribution in [0.2, 0.25) is 0 Å². The number of carbonyl (C=O) groups is 2. The van der Waals surface area contributed by atoms with E-state index in [-0.39, 0.29) is 23.9 Å². The summed E-state index contributed by atoms with van der Waals surface area (Å²) in [5.74, 6) is 1.41. The minimum atomic E-state index is -0.333. The Hall–Kier alpha value is -1.92. The molecule has 3 aliphatic rings. The van der Waals surface area contributed by atoms with Crippen LogP contribution in [0, 0.1) is 11.8 Å². The molecule has 7 nitrogen and oxygen atoms in total. The lowest BCUT2D eigenvalue weighted by molar-refractivity contribution is -0.151. The van der Waals surface area contributed by atoms with Crippen molar-refractivity contribution >= 4 is 11.8 Å². The van der Waals surface area contributed by atoms with Crippen LogP contribution >= 0.6 is 0 Å². The Morgan fingerprint density at radius 1 is 1.24 bits per heavy atom. The molecule has 2 amide bonds. The van der Waals surface area contributed by atoms with E-state index >= 15 is 0 Å². The highest BCUT2D eigenvalue weighted by Crippen LogP contribution is 2.40. The third kappa shape index (κ3) is 2.20. The quantitative estimate of drug-likeness (QED) is 0.834. The number of aryl methyl sites for hydroxylation is 1. The summed E-state index contributed by atoms with van der Waals surface area (Å²) in [6.07, 6.45) is 5.59. The summed E-state index contributed by atoms with van der Waals surface area (Å²) < 4.78 is 1.66. The lowest BCUT2D eigenvalue weighted by Crippen LogP contribution is -2.64. The molecule has 0 aromatic carbocycles. The van der Waals surface area contributed by atoms with Gasteiger partial charge in [0.05, 0.1) is 6.54 Å². The van der Waals surface area contributed by atoms with Gasteiger partial charge in [0.1, 0.15) is 24.2 Å². The van der Waals surface area contributed by atoms with Crippen molar-refractivity contribution in [2.24, 2.45) is 18.9 Å². The first-order chi connectivity index (χ1) is 10.1. The minimum Gasteiger partial charge on any atom is -0.342 e. The SMILES string of the molecule is Cn1ncnc1CN1C(=O)C(C2CC2)NC(=O)C1C1CC1. The van der Waals surface area contributed by atoms with Gasteiger partial charge in [-0.25, -0.2) is 4.98 Å². The predicted octanol–water partition coefficient (Wildman–Crippen LogP) is -0.169. The summed E-state index contributed by atoms with van der Waals surface area (Å²) in [4.78, 5) is 31.2. The topological polar surface area (TPSA) is 80.1 Å². The highest BCUT2D eigenvalue weighted by atomic mass is 16.2. The number of piperazine rings is 1. The van der Waals surface area contributed by atoms with E-state index in [0.29, 0.717) is 18.4 Å².